The van der Waals surface area contributed by atoms with E-state index in [1.54, 1.807) is 13.8 Å². The molecule has 7 nitrogen and oxygen atoms in total. The van der Waals surface area contributed by atoms with Gasteiger partial charge in [0, 0.05) is 19.6 Å². The fraction of sp³-hybridized carbons (Fsp3) is 0.750. The molecule has 0 unspecified atom stereocenters. The molecule has 0 bridgehead atoms. The first-order chi connectivity index (χ1) is 9.50. The average Bonchev–Trinajstić information content (AvgIpc) is 2.76. The number of aromatic amines is 1. The van der Waals surface area contributed by atoms with Crippen LogP contribution in [0.5, 0.6) is 0 Å². The van der Waals surface area contributed by atoms with Crippen molar-refractivity contribution in [3.63, 3.8) is 0 Å². The van der Waals surface area contributed by atoms with E-state index in [-0.39, 0.29) is 4.90 Å². The number of hydrogen-bond acceptors (Lipinski definition) is 5. The molecule has 114 valence electrons. The van der Waals surface area contributed by atoms with E-state index in [0.29, 0.717) is 17.9 Å². The largest absolute Gasteiger partial charge is 0.379 e. The second-order valence-corrected chi connectivity index (χ2v) is 6.67. The molecule has 2 N–H and O–H groups in total. The van der Waals surface area contributed by atoms with Crippen molar-refractivity contribution in [2.75, 3.05) is 39.4 Å². The molecule has 0 radical (unpaired) electrons. The third-order valence-electron chi connectivity index (χ3n) is 3.38. The van der Waals surface area contributed by atoms with Crippen LogP contribution in [-0.4, -0.2) is 62.9 Å². The fourth-order valence-electron chi connectivity index (χ4n) is 2.34. The van der Waals surface area contributed by atoms with Gasteiger partial charge < -0.3 is 4.74 Å². The summed E-state index contributed by atoms with van der Waals surface area (Å²) in [7, 11) is -3.47. The normalized spacial score (nSPS) is 17.5. The predicted molar refractivity (Wildman–Crippen MR) is 75.1 cm³/mol. The third-order valence-corrected chi connectivity index (χ3v) is 5.10. The van der Waals surface area contributed by atoms with Crippen molar-refractivity contribution in [2.45, 2.75) is 25.2 Å². The van der Waals surface area contributed by atoms with E-state index in [9.17, 15) is 8.42 Å². The highest BCUT2D eigenvalue weighted by atomic mass is 32.2. The summed E-state index contributed by atoms with van der Waals surface area (Å²) >= 11 is 0. The molecule has 8 heteroatoms. The molecule has 1 aliphatic heterocycles. The zero-order valence-corrected chi connectivity index (χ0v) is 12.8. The zero-order chi connectivity index (χ0) is 14.6. The summed E-state index contributed by atoms with van der Waals surface area (Å²) in [5, 5.41) is 6.61. The Labute approximate surface area is 119 Å². The Kier molecular flexibility index (Phi) is 5.14. The topological polar surface area (TPSA) is 87.3 Å². The monoisotopic (exact) mass is 302 g/mol. The molecule has 0 amide bonds. The highest BCUT2D eigenvalue weighted by Crippen LogP contribution is 2.15. The van der Waals surface area contributed by atoms with Gasteiger partial charge in [0.1, 0.15) is 4.90 Å². The van der Waals surface area contributed by atoms with Gasteiger partial charge in [-0.1, -0.05) is 0 Å². The van der Waals surface area contributed by atoms with Crippen LogP contribution >= 0.6 is 0 Å². The van der Waals surface area contributed by atoms with Gasteiger partial charge in [0.05, 0.1) is 24.6 Å². The Morgan fingerprint density at radius 1 is 1.35 bits per heavy atom. The second-order valence-electron chi connectivity index (χ2n) is 4.97. The van der Waals surface area contributed by atoms with Gasteiger partial charge in [-0.2, -0.15) is 5.10 Å². The number of aryl methyl sites for hydroxylation is 2. The quantitative estimate of drug-likeness (QED) is 0.724. The molecule has 0 aromatic carbocycles. The van der Waals surface area contributed by atoms with Gasteiger partial charge in [-0.05, 0) is 26.8 Å². The number of H-pyrrole nitrogens is 1. The molecule has 20 heavy (non-hydrogen) atoms. The molecule has 1 aliphatic rings. The molecule has 1 aromatic heterocycles. The number of sulfonamides is 1. The Balaban J connectivity index is 1.81. The number of aromatic nitrogens is 2. The van der Waals surface area contributed by atoms with E-state index in [2.05, 4.69) is 19.8 Å². The van der Waals surface area contributed by atoms with Crippen LogP contribution in [0.3, 0.4) is 0 Å². The van der Waals surface area contributed by atoms with Gasteiger partial charge in [-0.15, -0.1) is 0 Å². The van der Waals surface area contributed by atoms with Crippen molar-refractivity contribution in [1.29, 1.82) is 0 Å². The van der Waals surface area contributed by atoms with E-state index in [4.69, 9.17) is 4.74 Å². The summed E-state index contributed by atoms with van der Waals surface area (Å²) < 4.78 is 32.3. The first-order valence-corrected chi connectivity index (χ1v) is 8.30. The Bertz CT molecular complexity index is 515. The van der Waals surface area contributed by atoms with Crippen LogP contribution in [0.15, 0.2) is 4.90 Å². The highest BCUT2D eigenvalue weighted by molar-refractivity contribution is 7.89. The molecule has 1 fully saturated rings. The van der Waals surface area contributed by atoms with Gasteiger partial charge in [-0.25, -0.2) is 13.1 Å². The molecule has 0 aliphatic carbocycles. The average molecular weight is 302 g/mol. The van der Waals surface area contributed by atoms with E-state index in [1.807, 2.05) is 0 Å². The summed E-state index contributed by atoms with van der Waals surface area (Å²) in [5.41, 5.74) is 1.08. The lowest BCUT2D eigenvalue weighted by molar-refractivity contribution is 0.0376. The van der Waals surface area contributed by atoms with Crippen molar-refractivity contribution < 1.29 is 13.2 Å². The molecular formula is C12H22N4O3S. The highest BCUT2D eigenvalue weighted by Gasteiger charge is 2.21. The molecule has 0 spiro atoms. The van der Waals surface area contributed by atoms with Crippen molar-refractivity contribution in [1.82, 2.24) is 19.8 Å². The molecule has 0 saturated carbocycles. The van der Waals surface area contributed by atoms with Crippen LogP contribution in [0, 0.1) is 13.8 Å². The van der Waals surface area contributed by atoms with Gasteiger partial charge >= 0.3 is 0 Å². The molecule has 2 rings (SSSR count). The number of rotatable bonds is 6. The number of nitrogens with zero attached hydrogens (tertiary/aromatic N) is 2. The maximum absolute atomic E-state index is 12.2. The lowest BCUT2D eigenvalue weighted by atomic mass is 10.3. The first kappa shape index (κ1) is 15.4. The van der Waals surface area contributed by atoms with Crippen molar-refractivity contribution in [2.24, 2.45) is 0 Å². The van der Waals surface area contributed by atoms with Gasteiger partial charge in [0.25, 0.3) is 0 Å². The summed E-state index contributed by atoms with van der Waals surface area (Å²) in [6, 6.07) is 0. The lowest BCUT2D eigenvalue weighted by Crippen LogP contribution is -2.38. The van der Waals surface area contributed by atoms with Crippen molar-refractivity contribution in [3.05, 3.63) is 11.4 Å². The second kappa shape index (κ2) is 6.66. The SMILES string of the molecule is Cc1n[nH]c(C)c1S(=O)(=O)NCCCN1CCOCC1. The Morgan fingerprint density at radius 3 is 2.65 bits per heavy atom. The maximum atomic E-state index is 12.2. The minimum atomic E-state index is -3.47. The lowest BCUT2D eigenvalue weighted by Gasteiger charge is -2.26. The van der Waals surface area contributed by atoms with Crippen LogP contribution < -0.4 is 4.72 Å². The number of ether oxygens (including phenoxy) is 1. The Morgan fingerprint density at radius 2 is 2.05 bits per heavy atom. The zero-order valence-electron chi connectivity index (χ0n) is 12.0. The maximum Gasteiger partial charge on any atom is 0.244 e. The number of hydrogen-bond donors (Lipinski definition) is 2. The van der Waals surface area contributed by atoms with Crippen molar-refractivity contribution in [3.8, 4) is 0 Å². The summed E-state index contributed by atoms with van der Waals surface area (Å²) in [6.07, 6.45) is 0.787. The molecule has 1 aromatic rings. The van der Waals surface area contributed by atoms with Gasteiger partial charge in [0.2, 0.25) is 10.0 Å². The van der Waals surface area contributed by atoms with E-state index in [1.165, 1.54) is 0 Å². The summed E-state index contributed by atoms with van der Waals surface area (Å²) in [5.74, 6) is 0. The van der Waals surface area contributed by atoms with Crippen LogP contribution in [0.1, 0.15) is 17.8 Å². The summed E-state index contributed by atoms with van der Waals surface area (Å²) in [4.78, 5) is 2.55. The van der Waals surface area contributed by atoms with Gasteiger partial charge in [-0.3, -0.25) is 10.00 Å². The van der Waals surface area contributed by atoms with Crippen molar-refractivity contribution >= 4 is 10.0 Å². The molecule has 1 saturated heterocycles. The Hall–Kier alpha value is -0.960. The van der Waals surface area contributed by atoms with E-state index in [0.717, 1.165) is 39.3 Å². The number of nitrogens with one attached hydrogen (secondary N) is 2. The third kappa shape index (κ3) is 3.78. The first-order valence-electron chi connectivity index (χ1n) is 6.82. The minimum Gasteiger partial charge on any atom is -0.379 e. The van der Waals surface area contributed by atoms with Crippen LogP contribution in [0.4, 0.5) is 0 Å². The standard InChI is InChI=1S/C12H22N4O3S/c1-10-12(11(2)15-14-10)20(17,18)13-4-3-5-16-6-8-19-9-7-16/h13H,3-9H2,1-2H3,(H,14,15). The van der Waals surface area contributed by atoms with Gasteiger partial charge in [0.15, 0.2) is 0 Å². The fourth-order valence-corrected chi connectivity index (χ4v) is 3.78. The number of morpholine rings is 1. The molecule has 2 heterocycles. The summed E-state index contributed by atoms with van der Waals surface area (Å²) in [6.45, 7) is 8.09. The van der Waals surface area contributed by atoms with Crippen LogP contribution in [0.25, 0.3) is 0 Å². The van der Waals surface area contributed by atoms with Crippen LogP contribution in [0.2, 0.25) is 0 Å². The predicted octanol–water partition coefficient (Wildman–Crippen LogP) is 0.0271. The van der Waals surface area contributed by atoms with E-state index >= 15 is 0 Å². The molecular weight excluding hydrogens is 280 g/mol. The smallest absolute Gasteiger partial charge is 0.244 e. The minimum absolute atomic E-state index is 0.267. The molecule has 0 atom stereocenters. The van der Waals surface area contributed by atoms with Crippen LogP contribution in [-0.2, 0) is 14.8 Å². The van der Waals surface area contributed by atoms with E-state index < -0.39 is 10.0 Å².